The van der Waals surface area contributed by atoms with Gasteiger partial charge in [0.15, 0.2) is 0 Å². The van der Waals surface area contributed by atoms with Crippen LogP contribution in [0.25, 0.3) is 0 Å². The minimum Gasteiger partial charge on any atom is -0.497 e. The van der Waals surface area contributed by atoms with Gasteiger partial charge in [-0.3, -0.25) is 10.1 Å². The third kappa shape index (κ3) is 3.03. The van der Waals surface area contributed by atoms with Crippen LogP contribution in [0.2, 0.25) is 0 Å². The summed E-state index contributed by atoms with van der Waals surface area (Å²) >= 11 is 0. The van der Waals surface area contributed by atoms with E-state index >= 15 is 0 Å². The number of benzene rings is 1. The molecule has 0 aromatic heterocycles. The number of nitro groups is 1. The molecule has 114 valence electrons. The second-order valence-electron chi connectivity index (χ2n) is 6.14. The van der Waals surface area contributed by atoms with Crippen molar-refractivity contribution in [1.29, 1.82) is 0 Å². The Hall–Kier alpha value is -1.60. The Labute approximate surface area is 124 Å². The zero-order chi connectivity index (χ0) is 15.8. The number of hydrogen-bond acceptors (Lipinski definition) is 5. The number of rotatable bonds is 4. The largest absolute Gasteiger partial charge is 0.497 e. The molecule has 2 rings (SSSR count). The van der Waals surface area contributed by atoms with E-state index < -0.39 is 23.2 Å². The van der Waals surface area contributed by atoms with E-state index in [4.69, 9.17) is 14.0 Å². The third-order valence-electron chi connectivity index (χ3n) is 4.18. The minimum atomic E-state index is -0.498. The summed E-state index contributed by atoms with van der Waals surface area (Å²) in [4.78, 5) is 10.8. The lowest BCUT2D eigenvalue weighted by Gasteiger charge is -2.32. The number of ether oxygens (including phenoxy) is 1. The van der Waals surface area contributed by atoms with Gasteiger partial charge in [0.05, 0.1) is 29.3 Å². The van der Waals surface area contributed by atoms with Crippen LogP contribution in [-0.2, 0) is 15.6 Å². The average molecular weight is 293 g/mol. The molecule has 0 aliphatic carbocycles. The summed E-state index contributed by atoms with van der Waals surface area (Å²) in [5.41, 5.74) is -0.305. The maximum Gasteiger partial charge on any atom is 0.462 e. The van der Waals surface area contributed by atoms with Gasteiger partial charge in [-0.15, -0.1) is 0 Å². The van der Waals surface area contributed by atoms with E-state index in [1.165, 1.54) is 13.2 Å². The lowest BCUT2D eigenvalue weighted by Crippen LogP contribution is -2.41. The Morgan fingerprint density at radius 3 is 2.29 bits per heavy atom. The topological polar surface area (TPSA) is 70.8 Å². The molecule has 1 aromatic rings. The van der Waals surface area contributed by atoms with Crippen molar-refractivity contribution in [2.45, 2.75) is 45.2 Å². The van der Waals surface area contributed by atoms with Gasteiger partial charge in [0.1, 0.15) is 5.75 Å². The van der Waals surface area contributed by atoms with Crippen molar-refractivity contribution in [3.63, 3.8) is 0 Å². The summed E-state index contributed by atoms with van der Waals surface area (Å²) in [5, 5.41) is 11.2. The molecule has 1 aliphatic rings. The van der Waals surface area contributed by atoms with Crippen LogP contribution in [0.1, 0.15) is 33.3 Å². The molecule has 1 aromatic carbocycles. The van der Waals surface area contributed by atoms with Crippen molar-refractivity contribution in [2.75, 3.05) is 7.11 Å². The zero-order valence-electron chi connectivity index (χ0n) is 13.0. The molecule has 1 heterocycles. The fourth-order valence-corrected chi connectivity index (χ4v) is 2.24. The monoisotopic (exact) mass is 293 g/mol. The Morgan fingerprint density at radius 2 is 1.81 bits per heavy atom. The maximum absolute atomic E-state index is 11.2. The Bertz CT molecular complexity index is 542. The molecule has 0 atom stereocenters. The summed E-state index contributed by atoms with van der Waals surface area (Å²) in [6.45, 7) is 7.82. The average Bonchev–Trinajstić information content (AvgIpc) is 2.57. The molecule has 0 unspecified atom stereocenters. The Balaban J connectivity index is 2.23. The summed E-state index contributed by atoms with van der Waals surface area (Å²) < 4.78 is 16.8. The summed E-state index contributed by atoms with van der Waals surface area (Å²) in [5.74, 6) is 0.458. The zero-order valence-corrected chi connectivity index (χ0v) is 13.0. The number of hydrogen-bond donors (Lipinski definition) is 0. The van der Waals surface area contributed by atoms with E-state index in [0.717, 1.165) is 0 Å². The predicted molar refractivity (Wildman–Crippen MR) is 79.4 cm³/mol. The van der Waals surface area contributed by atoms with Crippen molar-refractivity contribution in [1.82, 2.24) is 0 Å². The third-order valence-corrected chi connectivity index (χ3v) is 4.18. The van der Waals surface area contributed by atoms with Crippen LogP contribution in [0.15, 0.2) is 18.2 Å². The first-order valence-corrected chi connectivity index (χ1v) is 6.83. The fraction of sp³-hybridized carbons (Fsp3) is 0.571. The lowest BCUT2D eigenvalue weighted by molar-refractivity contribution is -0.385. The molecule has 21 heavy (non-hydrogen) atoms. The van der Waals surface area contributed by atoms with Crippen LogP contribution < -0.4 is 4.74 Å². The molecular formula is C14H20BNO5. The molecule has 0 saturated carbocycles. The van der Waals surface area contributed by atoms with Gasteiger partial charge in [-0.25, -0.2) is 0 Å². The molecule has 0 N–H and O–H groups in total. The first-order chi connectivity index (χ1) is 9.66. The van der Waals surface area contributed by atoms with Gasteiger partial charge in [0, 0.05) is 11.9 Å². The van der Waals surface area contributed by atoms with Gasteiger partial charge >= 0.3 is 7.12 Å². The molecule has 7 heteroatoms. The second kappa shape index (κ2) is 5.31. The molecule has 0 radical (unpaired) electrons. The van der Waals surface area contributed by atoms with E-state index in [1.807, 2.05) is 27.7 Å². The van der Waals surface area contributed by atoms with Crippen LogP contribution in [-0.4, -0.2) is 30.4 Å². The molecule has 1 saturated heterocycles. The van der Waals surface area contributed by atoms with Gasteiger partial charge in [0.2, 0.25) is 0 Å². The Kier molecular flexibility index (Phi) is 3.99. The van der Waals surface area contributed by atoms with Crippen LogP contribution in [0.4, 0.5) is 5.69 Å². The smallest absolute Gasteiger partial charge is 0.462 e. The highest BCUT2D eigenvalue weighted by atomic mass is 16.7. The predicted octanol–water partition coefficient (Wildman–Crippen LogP) is 2.78. The number of nitro benzene ring substituents is 1. The molecule has 1 aliphatic heterocycles. The van der Waals surface area contributed by atoms with Gasteiger partial charge in [0.25, 0.3) is 5.69 Å². The first-order valence-electron chi connectivity index (χ1n) is 6.83. The quantitative estimate of drug-likeness (QED) is 0.485. The molecule has 0 spiro atoms. The van der Waals surface area contributed by atoms with Crippen molar-refractivity contribution in [2.24, 2.45) is 0 Å². The van der Waals surface area contributed by atoms with E-state index in [1.54, 1.807) is 12.1 Å². The van der Waals surface area contributed by atoms with Crippen LogP contribution >= 0.6 is 0 Å². The summed E-state index contributed by atoms with van der Waals surface area (Å²) in [6.07, 6.45) is 0.327. The van der Waals surface area contributed by atoms with E-state index in [-0.39, 0.29) is 5.69 Å². The normalized spacial score (nSPS) is 19.6. The molecule has 1 fully saturated rings. The highest BCUT2D eigenvalue weighted by Crippen LogP contribution is 2.38. The van der Waals surface area contributed by atoms with Crippen LogP contribution in [0.3, 0.4) is 0 Å². The van der Waals surface area contributed by atoms with Crippen molar-refractivity contribution >= 4 is 12.8 Å². The van der Waals surface area contributed by atoms with Gasteiger partial charge in [-0.2, -0.15) is 0 Å². The summed E-state index contributed by atoms with van der Waals surface area (Å²) in [7, 11) is 0.981. The van der Waals surface area contributed by atoms with Gasteiger partial charge in [-0.05, 0) is 39.8 Å². The molecule has 0 amide bonds. The lowest BCUT2D eigenvalue weighted by atomic mass is 9.80. The molecule has 0 bridgehead atoms. The van der Waals surface area contributed by atoms with Crippen molar-refractivity contribution in [3.8, 4) is 5.75 Å². The Morgan fingerprint density at radius 1 is 1.24 bits per heavy atom. The standard InChI is InChI=1S/C14H20BNO5/c1-13(2)14(3,4)21-15(20-13)9-10-6-7-11(19-5)8-12(10)16(17)18/h6-8H,9H2,1-5H3. The molecular weight excluding hydrogens is 273 g/mol. The van der Waals surface area contributed by atoms with Gasteiger partial charge in [-0.1, -0.05) is 0 Å². The van der Waals surface area contributed by atoms with Gasteiger partial charge < -0.3 is 14.0 Å². The summed E-state index contributed by atoms with van der Waals surface area (Å²) in [6, 6.07) is 4.80. The van der Waals surface area contributed by atoms with Crippen LogP contribution in [0.5, 0.6) is 5.75 Å². The van der Waals surface area contributed by atoms with E-state index in [9.17, 15) is 10.1 Å². The highest BCUT2D eigenvalue weighted by Gasteiger charge is 2.51. The number of methoxy groups -OCH3 is 1. The van der Waals surface area contributed by atoms with Crippen LogP contribution in [0, 0.1) is 10.1 Å². The van der Waals surface area contributed by atoms with E-state index in [0.29, 0.717) is 17.6 Å². The van der Waals surface area contributed by atoms with Crippen molar-refractivity contribution in [3.05, 3.63) is 33.9 Å². The molecule has 6 nitrogen and oxygen atoms in total. The first kappa shape index (κ1) is 15.8. The minimum absolute atomic E-state index is 0.0177. The fourth-order valence-electron chi connectivity index (χ4n) is 2.24. The van der Waals surface area contributed by atoms with E-state index in [2.05, 4.69) is 0 Å². The second-order valence-corrected chi connectivity index (χ2v) is 6.14. The highest BCUT2D eigenvalue weighted by molar-refractivity contribution is 6.45. The SMILES string of the molecule is COc1ccc(CB2OC(C)(C)C(C)(C)O2)c([N+](=O)[O-])c1. The van der Waals surface area contributed by atoms with Crippen molar-refractivity contribution < 1.29 is 19.0 Å². The maximum atomic E-state index is 11.2. The number of nitrogens with zero attached hydrogens (tertiary/aromatic N) is 1.